The number of nitrogens with one attached hydrogen (secondary N) is 2. The summed E-state index contributed by atoms with van der Waals surface area (Å²) in [7, 11) is 1.61. The van der Waals surface area contributed by atoms with Gasteiger partial charge in [0.1, 0.15) is 12.2 Å². The van der Waals surface area contributed by atoms with Crippen LogP contribution < -0.4 is 15.4 Å². The van der Waals surface area contributed by atoms with Gasteiger partial charge in [0.25, 0.3) is 0 Å². The van der Waals surface area contributed by atoms with Crippen LogP contribution in [0, 0.1) is 0 Å². The van der Waals surface area contributed by atoms with Gasteiger partial charge in [0.05, 0.1) is 7.11 Å². The second-order valence-corrected chi connectivity index (χ2v) is 5.74. The summed E-state index contributed by atoms with van der Waals surface area (Å²) in [4.78, 5) is 23.6. The van der Waals surface area contributed by atoms with E-state index in [1.807, 2.05) is 42.5 Å². The van der Waals surface area contributed by atoms with Crippen LogP contribution in [-0.4, -0.2) is 25.5 Å². The molecule has 0 bridgehead atoms. The van der Waals surface area contributed by atoms with Crippen LogP contribution in [0.15, 0.2) is 54.6 Å². The Bertz CT molecular complexity index is 669. The van der Waals surface area contributed by atoms with Gasteiger partial charge >= 0.3 is 0 Å². The summed E-state index contributed by atoms with van der Waals surface area (Å²) in [6.45, 7) is 0.962. The zero-order valence-electron chi connectivity index (χ0n) is 14.5. The summed E-state index contributed by atoms with van der Waals surface area (Å²) in [5.41, 5.74) is 2.20. The quantitative estimate of drug-likeness (QED) is 0.544. The number of carbonyl (C=O) groups is 2. The Morgan fingerprint density at radius 2 is 1.56 bits per heavy atom. The van der Waals surface area contributed by atoms with E-state index >= 15 is 0 Å². The molecule has 132 valence electrons. The van der Waals surface area contributed by atoms with Gasteiger partial charge in [-0.1, -0.05) is 42.5 Å². The maximum atomic E-state index is 11.8. The normalized spacial score (nSPS) is 10.1. The maximum absolute atomic E-state index is 11.8. The van der Waals surface area contributed by atoms with Gasteiger partial charge in [-0.2, -0.15) is 0 Å². The first-order valence-electron chi connectivity index (χ1n) is 8.37. The van der Waals surface area contributed by atoms with Crippen LogP contribution in [0.2, 0.25) is 0 Å². The molecule has 2 amide bonds. The molecule has 2 aromatic carbocycles. The van der Waals surface area contributed by atoms with Gasteiger partial charge < -0.3 is 15.4 Å². The van der Waals surface area contributed by atoms with Gasteiger partial charge in [-0.15, -0.1) is 0 Å². The topological polar surface area (TPSA) is 67.4 Å². The number of rotatable bonds is 9. The van der Waals surface area contributed by atoms with E-state index in [0.717, 1.165) is 24.2 Å². The molecule has 0 aromatic heterocycles. The third-order valence-electron chi connectivity index (χ3n) is 3.78. The molecule has 0 heterocycles. The average molecular weight is 340 g/mol. The van der Waals surface area contributed by atoms with E-state index in [1.165, 1.54) is 5.56 Å². The Morgan fingerprint density at radius 1 is 0.880 bits per heavy atom. The molecule has 0 aliphatic heterocycles. The number of carbonyl (C=O) groups excluding carboxylic acids is 2. The van der Waals surface area contributed by atoms with Crippen LogP contribution >= 0.6 is 0 Å². The van der Waals surface area contributed by atoms with E-state index < -0.39 is 0 Å². The lowest BCUT2D eigenvalue weighted by atomic mass is 10.1. The number of amides is 2. The monoisotopic (exact) mass is 340 g/mol. The molecule has 2 aromatic rings. The second-order valence-electron chi connectivity index (χ2n) is 5.74. The summed E-state index contributed by atoms with van der Waals surface area (Å²) in [5.74, 6) is 0.238. The highest BCUT2D eigenvalue weighted by molar-refractivity contribution is 5.96. The van der Waals surface area contributed by atoms with Gasteiger partial charge in [0.2, 0.25) is 11.8 Å². The van der Waals surface area contributed by atoms with Gasteiger partial charge in [-0.25, -0.2) is 0 Å². The molecular formula is C20H24N2O3. The summed E-state index contributed by atoms with van der Waals surface area (Å²) >= 11 is 0. The standard InChI is InChI=1S/C20H24N2O3/c1-25-18-11-9-17(10-12-18)15-22-20(24)14-19(23)21-13-5-8-16-6-3-2-4-7-16/h2-4,6-7,9-12H,5,8,13-15H2,1H3,(H,21,23)(H,22,24). The summed E-state index contributed by atoms with van der Waals surface area (Å²) in [6, 6.07) is 17.5. The number of aryl methyl sites for hydroxylation is 1. The number of hydrogen-bond acceptors (Lipinski definition) is 3. The van der Waals surface area contributed by atoms with Crippen molar-refractivity contribution in [3.63, 3.8) is 0 Å². The van der Waals surface area contributed by atoms with Crippen molar-refractivity contribution in [2.45, 2.75) is 25.8 Å². The van der Waals surface area contributed by atoms with E-state index in [9.17, 15) is 9.59 Å². The summed E-state index contributed by atoms with van der Waals surface area (Å²) in [6.07, 6.45) is 1.61. The first-order chi connectivity index (χ1) is 12.2. The van der Waals surface area contributed by atoms with E-state index in [4.69, 9.17) is 4.74 Å². The highest BCUT2D eigenvalue weighted by Gasteiger charge is 2.08. The lowest BCUT2D eigenvalue weighted by molar-refractivity contribution is -0.129. The van der Waals surface area contributed by atoms with Crippen LogP contribution in [0.5, 0.6) is 5.75 Å². The third-order valence-corrected chi connectivity index (χ3v) is 3.78. The summed E-state index contributed by atoms with van der Waals surface area (Å²) < 4.78 is 5.08. The Balaban J connectivity index is 1.60. The zero-order valence-corrected chi connectivity index (χ0v) is 14.5. The zero-order chi connectivity index (χ0) is 17.9. The number of ether oxygens (including phenoxy) is 1. The van der Waals surface area contributed by atoms with E-state index in [1.54, 1.807) is 7.11 Å². The molecule has 0 saturated carbocycles. The highest BCUT2D eigenvalue weighted by atomic mass is 16.5. The molecule has 2 N–H and O–H groups in total. The van der Waals surface area contributed by atoms with E-state index in [2.05, 4.69) is 22.8 Å². The lowest BCUT2D eigenvalue weighted by Crippen LogP contribution is -2.32. The van der Waals surface area contributed by atoms with Crippen molar-refractivity contribution >= 4 is 11.8 Å². The number of methoxy groups -OCH3 is 1. The summed E-state index contributed by atoms with van der Waals surface area (Å²) in [5, 5.41) is 5.52. The van der Waals surface area contributed by atoms with E-state index in [-0.39, 0.29) is 18.2 Å². The highest BCUT2D eigenvalue weighted by Crippen LogP contribution is 2.10. The molecule has 0 aliphatic rings. The molecule has 25 heavy (non-hydrogen) atoms. The fraction of sp³-hybridized carbons (Fsp3) is 0.300. The minimum atomic E-state index is -0.281. The van der Waals surface area contributed by atoms with Crippen molar-refractivity contribution < 1.29 is 14.3 Å². The molecule has 0 atom stereocenters. The van der Waals surface area contributed by atoms with Gasteiger partial charge in [0.15, 0.2) is 0 Å². The molecule has 0 radical (unpaired) electrons. The predicted octanol–water partition coefficient (Wildman–Crippen LogP) is 2.45. The van der Waals surface area contributed by atoms with Crippen molar-refractivity contribution in [2.75, 3.05) is 13.7 Å². The molecule has 0 aliphatic carbocycles. The smallest absolute Gasteiger partial charge is 0.229 e. The third kappa shape index (κ3) is 7.08. The van der Waals surface area contributed by atoms with Crippen LogP contribution in [0.3, 0.4) is 0 Å². The van der Waals surface area contributed by atoms with Crippen molar-refractivity contribution in [3.8, 4) is 5.75 Å². The van der Waals surface area contributed by atoms with Crippen molar-refractivity contribution in [1.29, 1.82) is 0 Å². The Kier molecular flexibility index (Phi) is 7.50. The van der Waals surface area contributed by atoms with Crippen molar-refractivity contribution in [3.05, 3.63) is 65.7 Å². The SMILES string of the molecule is COc1ccc(CNC(=O)CC(=O)NCCCc2ccccc2)cc1. The molecule has 0 fully saturated rings. The van der Waals surface area contributed by atoms with Crippen LogP contribution in [0.4, 0.5) is 0 Å². The van der Waals surface area contributed by atoms with E-state index in [0.29, 0.717) is 13.1 Å². The van der Waals surface area contributed by atoms with Crippen LogP contribution in [0.25, 0.3) is 0 Å². The molecular weight excluding hydrogens is 316 g/mol. The van der Waals surface area contributed by atoms with Gasteiger partial charge in [-0.05, 0) is 36.1 Å². The molecule has 0 unspecified atom stereocenters. The Hall–Kier alpha value is -2.82. The fourth-order valence-corrected chi connectivity index (χ4v) is 2.38. The molecule has 2 rings (SSSR count). The first kappa shape index (κ1) is 18.5. The van der Waals surface area contributed by atoms with Crippen LogP contribution in [0.1, 0.15) is 24.0 Å². The minimum Gasteiger partial charge on any atom is -0.497 e. The van der Waals surface area contributed by atoms with Crippen molar-refractivity contribution in [2.24, 2.45) is 0 Å². The fourth-order valence-electron chi connectivity index (χ4n) is 2.38. The maximum Gasteiger partial charge on any atom is 0.229 e. The second kappa shape index (κ2) is 10.1. The molecule has 0 spiro atoms. The Morgan fingerprint density at radius 3 is 2.24 bits per heavy atom. The molecule has 5 heteroatoms. The Labute approximate surface area is 148 Å². The largest absolute Gasteiger partial charge is 0.497 e. The van der Waals surface area contributed by atoms with Gasteiger partial charge in [-0.3, -0.25) is 9.59 Å². The van der Waals surface area contributed by atoms with Crippen LogP contribution in [-0.2, 0) is 22.6 Å². The lowest BCUT2D eigenvalue weighted by Gasteiger charge is -2.07. The minimum absolute atomic E-state index is 0.151. The van der Waals surface area contributed by atoms with Gasteiger partial charge in [0, 0.05) is 13.1 Å². The predicted molar refractivity (Wildman–Crippen MR) is 97.2 cm³/mol. The number of benzene rings is 2. The molecule has 5 nitrogen and oxygen atoms in total. The number of hydrogen-bond donors (Lipinski definition) is 2. The molecule has 0 saturated heterocycles. The first-order valence-corrected chi connectivity index (χ1v) is 8.37. The average Bonchev–Trinajstić information content (AvgIpc) is 2.65. The van der Waals surface area contributed by atoms with Crippen molar-refractivity contribution in [1.82, 2.24) is 10.6 Å².